The first kappa shape index (κ1) is 11.5. The van der Waals surface area contributed by atoms with E-state index in [2.05, 4.69) is 20.4 Å². The molecule has 1 aromatic carbocycles. The van der Waals surface area contributed by atoms with E-state index in [9.17, 15) is 4.79 Å². The van der Waals surface area contributed by atoms with E-state index in [1.807, 2.05) is 25.1 Å². The van der Waals surface area contributed by atoms with E-state index >= 15 is 0 Å². The lowest BCUT2D eigenvalue weighted by atomic mass is 10.0. The number of carbonyl (C=O) groups is 1. The molecule has 0 aliphatic rings. The smallest absolute Gasteiger partial charge is 0.335 e. The van der Waals surface area contributed by atoms with E-state index < -0.39 is 5.97 Å². The molecule has 2 nitrogen and oxygen atoms in total. The summed E-state index contributed by atoms with van der Waals surface area (Å²) in [6, 6.07) is 5.88. The summed E-state index contributed by atoms with van der Waals surface area (Å²) >= 11 is 0. The van der Waals surface area contributed by atoms with Gasteiger partial charge in [0, 0.05) is 6.08 Å². The molecule has 0 fully saturated rings. The van der Waals surface area contributed by atoms with Crippen LogP contribution in [-0.2, 0) is 4.79 Å². The Kier molecular flexibility index (Phi) is 3.67. The second kappa shape index (κ2) is 4.78. The predicted molar refractivity (Wildman–Crippen MR) is 61.1 cm³/mol. The quantitative estimate of drug-likeness (QED) is 0.429. The summed E-state index contributed by atoms with van der Waals surface area (Å²) in [6.07, 6.45) is 1.17. The highest BCUT2D eigenvalue weighted by Crippen LogP contribution is 2.27. The van der Waals surface area contributed by atoms with Crippen LogP contribution in [0.15, 0.2) is 30.9 Å². The highest BCUT2D eigenvalue weighted by Gasteiger charge is 2.10. The van der Waals surface area contributed by atoms with Crippen LogP contribution in [0.25, 0.3) is 0 Å². The molecule has 0 heterocycles. The Balaban J connectivity index is 3.07. The summed E-state index contributed by atoms with van der Waals surface area (Å²) in [6.45, 7) is 9.48. The molecule has 0 N–H and O–H groups in total. The minimum Gasteiger partial charge on any atom is -0.423 e. The molecule has 1 rings (SSSR count). The van der Waals surface area contributed by atoms with Crippen LogP contribution in [0.5, 0.6) is 5.75 Å². The van der Waals surface area contributed by atoms with Crippen LogP contribution in [0.4, 0.5) is 0 Å². The number of esters is 1. The lowest BCUT2D eigenvalue weighted by Crippen LogP contribution is -2.06. The Morgan fingerprint density at radius 2 is 2.13 bits per heavy atom. The minimum absolute atomic E-state index is 0.332. The van der Waals surface area contributed by atoms with Gasteiger partial charge in [-0.2, -0.15) is 0 Å². The molecular formula is C13H16O2. The SMILES string of the molecule is C=CC(=O)Oc1cc(C)ccc1C(C)C. The van der Waals surface area contributed by atoms with Gasteiger partial charge >= 0.3 is 5.97 Å². The van der Waals surface area contributed by atoms with Crippen molar-refractivity contribution in [1.82, 2.24) is 0 Å². The Labute approximate surface area is 90.6 Å². The van der Waals surface area contributed by atoms with Gasteiger partial charge in [-0.3, -0.25) is 0 Å². The number of rotatable bonds is 3. The van der Waals surface area contributed by atoms with Crippen LogP contribution < -0.4 is 4.74 Å². The van der Waals surface area contributed by atoms with Gasteiger partial charge in [-0.05, 0) is 30.0 Å². The maximum Gasteiger partial charge on any atom is 0.335 e. The number of benzene rings is 1. The van der Waals surface area contributed by atoms with Crippen molar-refractivity contribution < 1.29 is 9.53 Å². The lowest BCUT2D eigenvalue weighted by molar-refractivity contribution is -0.129. The van der Waals surface area contributed by atoms with Gasteiger partial charge < -0.3 is 4.74 Å². The Hall–Kier alpha value is -1.57. The Morgan fingerprint density at radius 1 is 1.47 bits per heavy atom. The maximum absolute atomic E-state index is 11.1. The van der Waals surface area contributed by atoms with Crippen molar-refractivity contribution in [2.75, 3.05) is 0 Å². The van der Waals surface area contributed by atoms with Crippen molar-refractivity contribution in [2.24, 2.45) is 0 Å². The van der Waals surface area contributed by atoms with E-state index in [1.165, 1.54) is 6.08 Å². The molecule has 1 aromatic rings. The first-order chi connectivity index (χ1) is 7.04. The highest BCUT2D eigenvalue weighted by atomic mass is 16.5. The summed E-state index contributed by atoms with van der Waals surface area (Å²) in [4.78, 5) is 11.1. The monoisotopic (exact) mass is 204 g/mol. The zero-order valence-corrected chi connectivity index (χ0v) is 9.41. The molecule has 80 valence electrons. The summed E-state index contributed by atoms with van der Waals surface area (Å²) in [5.74, 6) is 0.551. The molecular weight excluding hydrogens is 188 g/mol. The van der Waals surface area contributed by atoms with E-state index in [4.69, 9.17) is 4.74 Å². The van der Waals surface area contributed by atoms with Gasteiger partial charge in [-0.1, -0.05) is 32.6 Å². The van der Waals surface area contributed by atoms with Crippen molar-refractivity contribution in [3.8, 4) is 5.75 Å². The molecule has 0 radical (unpaired) electrons. The van der Waals surface area contributed by atoms with Gasteiger partial charge in [0.25, 0.3) is 0 Å². The number of hydrogen-bond donors (Lipinski definition) is 0. The number of ether oxygens (including phenoxy) is 1. The van der Waals surface area contributed by atoms with Gasteiger partial charge in [-0.25, -0.2) is 4.79 Å². The molecule has 0 unspecified atom stereocenters. The second-order valence-corrected chi connectivity index (χ2v) is 3.82. The van der Waals surface area contributed by atoms with Gasteiger partial charge in [-0.15, -0.1) is 0 Å². The zero-order chi connectivity index (χ0) is 11.4. The fourth-order valence-electron chi connectivity index (χ4n) is 1.36. The summed E-state index contributed by atoms with van der Waals surface area (Å²) in [5.41, 5.74) is 2.11. The van der Waals surface area contributed by atoms with E-state index in [-0.39, 0.29) is 0 Å². The molecule has 15 heavy (non-hydrogen) atoms. The molecule has 0 atom stereocenters. The van der Waals surface area contributed by atoms with Gasteiger partial charge in [0.15, 0.2) is 0 Å². The van der Waals surface area contributed by atoms with Gasteiger partial charge in [0.05, 0.1) is 0 Å². The fourth-order valence-corrected chi connectivity index (χ4v) is 1.36. The molecule has 2 heteroatoms. The van der Waals surface area contributed by atoms with Crippen LogP contribution in [-0.4, -0.2) is 5.97 Å². The fraction of sp³-hybridized carbons (Fsp3) is 0.308. The third kappa shape index (κ3) is 2.94. The van der Waals surface area contributed by atoms with Crippen LogP contribution >= 0.6 is 0 Å². The summed E-state index contributed by atoms with van der Waals surface area (Å²) < 4.78 is 5.18. The standard InChI is InChI=1S/C13H16O2/c1-5-13(14)15-12-8-10(4)6-7-11(12)9(2)3/h5-9H,1H2,2-4H3. The molecule has 0 saturated carbocycles. The number of aryl methyl sites for hydroxylation is 1. The van der Waals surface area contributed by atoms with Crippen molar-refractivity contribution in [3.05, 3.63) is 42.0 Å². The molecule has 0 aliphatic carbocycles. The normalized spacial score (nSPS) is 10.1. The largest absolute Gasteiger partial charge is 0.423 e. The lowest BCUT2D eigenvalue weighted by Gasteiger charge is -2.12. The third-order valence-electron chi connectivity index (χ3n) is 2.17. The molecule has 0 amide bonds. The highest BCUT2D eigenvalue weighted by molar-refractivity contribution is 5.83. The van der Waals surface area contributed by atoms with Crippen LogP contribution in [0, 0.1) is 6.92 Å². The summed E-state index contributed by atoms with van der Waals surface area (Å²) in [7, 11) is 0. The van der Waals surface area contributed by atoms with Gasteiger partial charge in [0.2, 0.25) is 0 Å². The average Bonchev–Trinajstić information content (AvgIpc) is 2.17. The van der Waals surface area contributed by atoms with Crippen molar-refractivity contribution in [2.45, 2.75) is 26.7 Å². The Bertz CT molecular complexity index is 378. The van der Waals surface area contributed by atoms with Crippen LogP contribution in [0.2, 0.25) is 0 Å². The first-order valence-corrected chi connectivity index (χ1v) is 4.99. The van der Waals surface area contributed by atoms with E-state index in [1.54, 1.807) is 0 Å². The second-order valence-electron chi connectivity index (χ2n) is 3.82. The molecule has 0 aliphatic heterocycles. The van der Waals surface area contributed by atoms with Crippen molar-refractivity contribution in [1.29, 1.82) is 0 Å². The predicted octanol–water partition coefficient (Wildman–Crippen LogP) is 3.21. The Morgan fingerprint density at radius 3 is 2.67 bits per heavy atom. The first-order valence-electron chi connectivity index (χ1n) is 4.99. The number of carbonyl (C=O) groups excluding carboxylic acids is 1. The molecule has 0 aromatic heterocycles. The zero-order valence-electron chi connectivity index (χ0n) is 9.41. The topological polar surface area (TPSA) is 26.3 Å². The van der Waals surface area contributed by atoms with Crippen molar-refractivity contribution in [3.63, 3.8) is 0 Å². The van der Waals surface area contributed by atoms with Crippen LogP contribution in [0.1, 0.15) is 30.9 Å². The van der Waals surface area contributed by atoms with Crippen molar-refractivity contribution >= 4 is 5.97 Å². The third-order valence-corrected chi connectivity index (χ3v) is 2.17. The maximum atomic E-state index is 11.1. The van der Waals surface area contributed by atoms with Gasteiger partial charge in [0.1, 0.15) is 5.75 Å². The van der Waals surface area contributed by atoms with E-state index in [0.29, 0.717) is 11.7 Å². The molecule has 0 spiro atoms. The molecule has 0 bridgehead atoms. The average molecular weight is 204 g/mol. The minimum atomic E-state index is -0.414. The van der Waals surface area contributed by atoms with Crippen LogP contribution in [0.3, 0.4) is 0 Å². The summed E-state index contributed by atoms with van der Waals surface area (Å²) in [5, 5.41) is 0. The number of hydrogen-bond acceptors (Lipinski definition) is 2. The molecule has 0 saturated heterocycles. The van der Waals surface area contributed by atoms with E-state index in [0.717, 1.165) is 11.1 Å².